The zero-order valence-corrected chi connectivity index (χ0v) is 11.5. The molecule has 0 saturated heterocycles. The van der Waals surface area contributed by atoms with Gasteiger partial charge in [-0.1, -0.05) is 24.3 Å². The second kappa shape index (κ2) is 4.57. The first kappa shape index (κ1) is 14.1. The Hall–Kier alpha value is -2.86. The fourth-order valence-corrected chi connectivity index (χ4v) is 2.63. The Bertz CT molecular complexity index is 773. The minimum Gasteiger partial charge on any atom is -0.504 e. The van der Waals surface area contributed by atoms with E-state index in [2.05, 4.69) is 0 Å². The van der Waals surface area contributed by atoms with Gasteiger partial charge in [-0.25, -0.2) is 0 Å². The number of ether oxygens (including phenoxy) is 1. The van der Waals surface area contributed by atoms with Crippen molar-refractivity contribution in [3.05, 3.63) is 53.1 Å². The molecule has 3 rings (SSSR count). The molecule has 22 heavy (non-hydrogen) atoms. The molecular weight excluding hydrogens is 288 g/mol. The van der Waals surface area contributed by atoms with Crippen LogP contribution in [0.4, 0.5) is 0 Å². The Morgan fingerprint density at radius 1 is 0.909 bits per heavy atom. The molecule has 0 fully saturated rings. The third-order valence-electron chi connectivity index (χ3n) is 3.80. The van der Waals surface area contributed by atoms with Gasteiger partial charge in [0.2, 0.25) is 22.9 Å². The number of phenols is 2. The van der Waals surface area contributed by atoms with Crippen LogP contribution in [0.3, 0.4) is 0 Å². The maximum absolute atomic E-state index is 12.5. The largest absolute Gasteiger partial charge is 0.504 e. The Labute approximate surface area is 125 Å². The van der Waals surface area contributed by atoms with Crippen molar-refractivity contribution in [2.24, 2.45) is 0 Å². The second-order valence-electron chi connectivity index (χ2n) is 4.93. The van der Waals surface area contributed by atoms with Gasteiger partial charge >= 0.3 is 0 Å². The lowest BCUT2D eigenvalue weighted by Crippen LogP contribution is -2.38. The van der Waals surface area contributed by atoms with Gasteiger partial charge in [-0.2, -0.15) is 0 Å². The summed E-state index contributed by atoms with van der Waals surface area (Å²) in [6.45, 7) is 0. The molecule has 0 heterocycles. The highest BCUT2D eigenvalue weighted by atomic mass is 16.5. The first-order valence-electron chi connectivity index (χ1n) is 6.43. The van der Waals surface area contributed by atoms with Crippen molar-refractivity contribution in [2.75, 3.05) is 7.11 Å². The third kappa shape index (κ3) is 1.58. The van der Waals surface area contributed by atoms with Crippen LogP contribution in [0.1, 0.15) is 26.3 Å². The number of hydrogen-bond acceptors (Lipinski definition) is 6. The number of aliphatic hydroxyl groups is 1. The molecule has 0 unspecified atom stereocenters. The fourth-order valence-electron chi connectivity index (χ4n) is 2.63. The van der Waals surface area contributed by atoms with Crippen LogP contribution in [0.5, 0.6) is 17.2 Å². The van der Waals surface area contributed by atoms with Crippen LogP contribution < -0.4 is 4.74 Å². The van der Waals surface area contributed by atoms with Crippen LogP contribution in [0.2, 0.25) is 0 Å². The average Bonchev–Trinajstić information content (AvgIpc) is 2.73. The molecule has 2 aromatic carbocycles. The molecule has 0 aromatic heterocycles. The van der Waals surface area contributed by atoms with Crippen LogP contribution in [0.15, 0.2) is 36.4 Å². The molecule has 6 nitrogen and oxygen atoms in total. The Morgan fingerprint density at radius 3 is 1.95 bits per heavy atom. The van der Waals surface area contributed by atoms with Crippen molar-refractivity contribution in [2.45, 2.75) is 5.60 Å². The standard InChI is InChI=1S/C16H12O6/c1-22-11-7-6-10(12(17)13(11)18)16(21)14(19)8-4-2-3-5-9(8)15(16)20/h2-7,17-18,21H,1H3. The summed E-state index contributed by atoms with van der Waals surface area (Å²) in [6, 6.07) is 8.42. The number of phenolic OH excluding ortho intramolecular Hbond substituents is 2. The van der Waals surface area contributed by atoms with Crippen molar-refractivity contribution in [3.63, 3.8) is 0 Å². The first-order chi connectivity index (χ1) is 10.4. The normalized spacial score (nSPS) is 15.7. The molecule has 1 aliphatic carbocycles. The molecular formula is C16H12O6. The van der Waals surface area contributed by atoms with Crippen LogP contribution in [-0.2, 0) is 5.60 Å². The molecule has 0 amide bonds. The van der Waals surface area contributed by atoms with Gasteiger partial charge in [0.25, 0.3) is 0 Å². The molecule has 0 radical (unpaired) electrons. The molecule has 0 spiro atoms. The van der Waals surface area contributed by atoms with Gasteiger partial charge in [0.05, 0.1) is 7.11 Å². The van der Waals surface area contributed by atoms with E-state index in [1.54, 1.807) is 12.1 Å². The van der Waals surface area contributed by atoms with Gasteiger partial charge in [-0.15, -0.1) is 0 Å². The minimum absolute atomic E-state index is 0.0414. The van der Waals surface area contributed by atoms with E-state index in [4.69, 9.17) is 4.74 Å². The van der Waals surface area contributed by atoms with E-state index in [1.807, 2.05) is 0 Å². The second-order valence-corrected chi connectivity index (χ2v) is 4.93. The van der Waals surface area contributed by atoms with E-state index < -0.39 is 28.7 Å². The third-order valence-corrected chi connectivity index (χ3v) is 3.80. The smallest absolute Gasteiger partial charge is 0.220 e. The number of ketones is 2. The Kier molecular flexibility index (Phi) is 2.93. The molecule has 0 saturated carbocycles. The number of rotatable bonds is 2. The minimum atomic E-state index is -2.56. The lowest BCUT2D eigenvalue weighted by atomic mass is 9.87. The number of benzene rings is 2. The van der Waals surface area contributed by atoms with Crippen LogP contribution in [0, 0.1) is 0 Å². The number of aromatic hydroxyl groups is 2. The van der Waals surface area contributed by atoms with Crippen LogP contribution in [0.25, 0.3) is 0 Å². The quantitative estimate of drug-likeness (QED) is 0.571. The lowest BCUT2D eigenvalue weighted by Gasteiger charge is -2.21. The van der Waals surface area contributed by atoms with Crippen molar-refractivity contribution in [1.82, 2.24) is 0 Å². The number of Topliss-reactive ketones (excluding diaryl/α,β-unsaturated/α-hetero) is 2. The summed E-state index contributed by atoms with van der Waals surface area (Å²) >= 11 is 0. The molecule has 0 atom stereocenters. The lowest BCUT2D eigenvalue weighted by molar-refractivity contribution is 0.0311. The number of carbonyl (C=O) groups excluding carboxylic acids is 2. The zero-order valence-electron chi connectivity index (χ0n) is 11.5. The molecule has 2 aromatic rings. The number of fused-ring (bicyclic) bond motifs is 1. The monoisotopic (exact) mass is 300 g/mol. The number of carbonyl (C=O) groups is 2. The van der Waals surface area contributed by atoms with Gasteiger partial charge in [-0.05, 0) is 12.1 Å². The van der Waals surface area contributed by atoms with Crippen molar-refractivity contribution in [3.8, 4) is 17.2 Å². The van der Waals surface area contributed by atoms with Gasteiger partial charge in [0.1, 0.15) is 0 Å². The molecule has 3 N–H and O–H groups in total. The maximum atomic E-state index is 12.5. The highest BCUT2D eigenvalue weighted by Crippen LogP contribution is 2.46. The predicted molar refractivity (Wildman–Crippen MR) is 75.3 cm³/mol. The fraction of sp³-hybridized carbons (Fsp3) is 0.125. The summed E-state index contributed by atoms with van der Waals surface area (Å²) in [5.41, 5.74) is -2.79. The Balaban J connectivity index is 2.24. The number of hydrogen-bond donors (Lipinski definition) is 3. The summed E-state index contributed by atoms with van der Waals surface area (Å²) in [5, 5.41) is 30.6. The topological polar surface area (TPSA) is 104 Å². The SMILES string of the molecule is COc1ccc(C2(O)C(=O)c3ccccc3C2=O)c(O)c1O. The van der Waals surface area contributed by atoms with Crippen LogP contribution >= 0.6 is 0 Å². The van der Waals surface area contributed by atoms with Crippen molar-refractivity contribution in [1.29, 1.82) is 0 Å². The van der Waals surface area contributed by atoms with E-state index in [9.17, 15) is 24.9 Å². The van der Waals surface area contributed by atoms with Gasteiger partial charge < -0.3 is 20.1 Å². The summed E-state index contributed by atoms with van der Waals surface area (Å²) < 4.78 is 4.83. The first-order valence-corrected chi connectivity index (χ1v) is 6.43. The van der Waals surface area contributed by atoms with Gasteiger partial charge in [-0.3, -0.25) is 9.59 Å². The highest BCUT2D eigenvalue weighted by molar-refractivity contribution is 6.32. The maximum Gasteiger partial charge on any atom is 0.220 e. The van der Waals surface area contributed by atoms with E-state index in [1.165, 1.54) is 31.4 Å². The zero-order chi connectivity index (χ0) is 16.1. The van der Waals surface area contributed by atoms with Crippen molar-refractivity contribution < 1.29 is 29.6 Å². The van der Waals surface area contributed by atoms with Gasteiger partial charge in [0.15, 0.2) is 11.5 Å². The number of methoxy groups -OCH3 is 1. The van der Waals surface area contributed by atoms with E-state index in [0.29, 0.717) is 0 Å². The Morgan fingerprint density at radius 2 is 1.45 bits per heavy atom. The predicted octanol–water partition coefficient (Wildman–Crippen LogP) is 1.37. The summed E-state index contributed by atoms with van der Waals surface area (Å²) in [6.07, 6.45) is 0. The summed E-state index contributed by atoms with van der Waals surface area (Å²) in [4.78, 5) is 24.9. The summed E-state index contributed by atoms with van der Waals surface area (Å²) in [7, 11) is 1.28. The molecule has 0 aliphatic heterocycles. The van der Waals surface area contributed by atoms with Crippen LogP contribution in [-0.4, -0.2) is 34.0 Å². The molecule has 1 aliphatic rings. The van der Waals surface area contributed by atoms with Crippen molar-refractivity contribution >= 4 is 11.6 Å². The van der Waals surface area contributed by atoms with E-state index in [-0.39, 0.29) is 22.4 Å². The van der Waals surface area contributed by atoms with E-state index >= 15 is 0 Å². The molecule has 6 heteroatoms. The summed E-state index contributed by atoms with van der Waals surface area (Å²) in [5.74, 6) is -3.14. The molecule has 0 bridgehead atoms. The van der Waals surface area contributed by atoms with E-state index in [0.717, 1.165) is 0 Å². The molecule has 112 valence electrons. The highest BCUT2D eigenvalue weighted by Gasteiger charge is 2.54. The van der Waals surface area contributed by atoms with Gasteiger partial charge in [0, 0.05) is 16.7 Å². The average molecular weight is 300 g/mol.